The molecular formula is C47H100N4O2. The van der Waals surface area contributed by atoms with Crippen molar-refractivity contribution in [2.75, 3.05) is 52.4 Å². The maximum Gasteiger partial charge on any atom is 0.0667 e. The zero-order valence-corrected chi connectivity index (χ0v) is 36.5. The first-order valence-electron chi connectivity index (χ1n) is 24.3. The predicted octanol–water partition coefficient (Wildman–Crippen LogP) is 11.9. The van der Waals surface area contributed by atoms with Gasteiger partial charge in [-0.25, -0.2) is 0 Å². The molecule has 0 radical (unpaired) electrons. The second-order valence-electron chi connectivity index (χ2n) is 17.0. The van der Waals surface area contributed by atoms with E-state index in [2.05, 4.69) is 23.6 Å². The Morgan fingerprint density at radius 3 is 0.811 bits per heavy atom. The first-order chi connectivity index (χ1) is 26.1. The summed E-state index contributed by atoms with van der Waals surface area (Å²) in [7, 11) is 0. The van der Waals surface area contributed by atoms with Crippen LogP contribution in [0.1, 0.15) is 239 Å². The van der Waals surface area contributed by atoms with Crippen LogP contribution in [0, 0.1) is 0 Å². The van der Waals surface area contributed by atoms with Gasteiger partial charge in [0.05, 0.1) is 12.2 Å². The van der Waals surface area contributed by atoms with E-state index < -0.39 is 0 Å². The molecule has 6 N–H and O–H groups in total. The number of rotatable bonds is 46. The van der Waals surface area contributed by atoms with E-state index in [4.69, 9.17) is 11.5 Å². The molecule has 2 atom stereocenters. The Labute approximate surface area is 333 Å². The van der Waals surface area contributed by atoms with Crippen LogP contribution in [0.4, 0.5) is 0 Å². The van der Waals surface area contributed by atoms with Crippen molar-refractivity contribution in [2.45, 2.75) is 251 Å². The SMILES string of the molecule is CCCCCCCCCCCCC(O)CN(CCCN)CCCCCCCCCCCCCN(CCCN)CC(O)CCCCCCCCCCCC. The maximum atomic E-state index is 10.7. The molecule has 0 amide bonds. The fraction of sp³-hybridized carbons (Fsp3) is 1.00. The third-order valence-corrected chi connectivity index (χ3v) is 11.5. The Morgan fingerprint density at radius 1 is 0.321 bits per heavy atom. The smallest absolute Gasteiger partial charge is 0.0667 e. The number of nitrogens with two attached hydrogens (primary N) is 2. The summed E-state index contributed by atoms with van der Waals surface area (Å²) in [5.74, 6) is 0. The first-order valence-corrected chi connectivity index (χ1v) is 24.3. The predicted molar refractivity (Wildman–Crippen MR) is 236 cm³/mol. The van der Waals surface area contributed by atoms with Crippen molar-refractivity contribution in [2.24, 2.45) is 11.5 Å². The quantitative estimate of drug-likeness (QED) is 0.0462. The lowest BCUT2D eigenvalue weighted by Crippen LogP contribution is -2.35. The van der Waals surface area contributed by atoms with Crippen molar-refractivity contribution in [1.82, 2.24) is 9.80 Å². The molecule has 0 saturated carbocycles. The molecule has 320 valence electrons. The van der Waals surface area contributed by atoms with E-state index in [0.29, 0.717) is 0 Å². The lowest BCUT2D eigenvalue weighted by atomic mass is 10.0. The number of hydrogen-bond donors (Lipinski definition) is 4. The monoisotopic (exact) mass is 753 g/mol. The van der Waals surface area contributed by atoms with E-state index in [1.165, 1.54) is 199 Å². The van der Waals surface area contributed by atoms with E-state index in [1.807, 2.05) is 0 Å². The molecule has 0 aliphatic rings. The summed E-state index contributed by atoms with van der Waals surface area (Å²) >= 11 is 0. The van der Waals surface area contributed by atoms with E-state index in [9.17, 15) is 10.2 Å². The standard InChI is InChI=1S/C47H100N4O2/c1-3-5-7-9-11-13-18-22-26-30-36-46(52)44-50(42-34-38-48)40-32-28-24-20-16-15-17-21-25-29-33-41-51(43-35-39-49)45-47(53)37-31-27-23-19-14-12-10-8-6-4-2/h46-47,52-53H,3-45,48-49H2,1-2H3. The third kappa shape index (κ3) is 41.2. The summed E-state index contributed by atoms with van der Waals surface area (Å²) < 4.78 is 0. The Hall–Kier alpha value is -0.240. The van der Waals surface area contributed by atoms with Gasteiger partial charge < -0.3 is 31.5 Å². The molecule has 0 bridgehead atoms. The molecule has 0 heterocycles. The Bertz CT molecular complexity index is 614. The van der Waals surface area contributed by atoms with E-state index in [1.54, 1.807) is 0 Å². The number of aliphatic hydroxyl groups excluding tert-OH is 2. The molecular weight excluding hydrogens is 653 g/mol. The van der Waals surface area contributed by atoms with Gasteiger partial charge in [0.15, 0.2) is 0 Å². The molecule has 6 nitrogen and oxygen atoms in total. The first kappa shape index (κ1) is 52.8. The van der Waals surface area contributed by atoms with Gasteiger partial charge in [-0.1, -0.05) is 200 Å². The van der Waals surface area contributed by atoms with Crippen LogP contribution in [0.3, 0.4) is 0 Å². The van der Waals surface area contributed by atoms with Crippen LogP contribution < -0.4 is 11.5 Å². The van der Waals surface area contributed by atoms with E-state index in [-0.39, 0.29) is 12.2 Å². The topological polar surface area (TPSA) is 99.0 Å². The summed E-state index contributed by atoms with van der Waals surface area (Å²) in [6.07, 6.45) is 45.2. The summed E-state index contributed by atoms with van der Waals surface area (Å²) in [6.45, 7) is 12.0. The van der Waals surface area contributed by atoms with Crippen molar-refractivity contribution in [3.05, 3.63) is 0 Å². The summed E-state index contributed by atoms with van der Waals surface area (Å²) in [5, 5.41) is 21.4. The highest BCUT2D eigenvalue weighted by atomic mass is 16.3. The van der Waals surface area contributed by atoms with Crippen molar-refractivity contribution < 1.29 is 10.2 Å². The normalized spacial score (nSPS) is 13.1. The minimum absolute atomic E-state index is 0.186. The molecule has 6 heteroatoms. The second kappa shape index (κ2) is 44.5. The Balaban J connectivity index is 3.82. The summed E-state index contributed by atoms with van der Waals surface area (Å²) in [6, 6.07) is 0. The lowest BCUT2D eigenvalue weighted by Gasteiger charge is -2.25. The Kier molecular flexibility index (Phi) is 44.3. The third-order valence-electron chi connectivity index (χ3n) is 11.5. The fourth-order valence-corrected chi connectivity index (χ4v) is 7.99. The van der Waals surface area contributed by atoms with Crippen molar-refractivity contribution >= 4 is 0 Å². The molecule has 0 saturated heterocycles. The van der Waals surface area contributed by atoms with Gasteiger partial charge in [-0.15, -0.1) is 0 Å². The van der Waals surface area contributed by atoms with Crippen molar-refractivity contribution in [3.63, 3.8) is 0 Å². The van der Waals surface area contributed by atoms with Crippen molar-refractivity contribution in [3.8, 4) is 0 Å². The number of nitrogens with zero attached hydrogens (tertiary/aromatic N) is 2. The highest BCUT2D eigenvalue weighted by Gasteiger charge is 2.13. The molecule has 0 aliphatic heterocycles. The molecule has 0 aliphatic carbocycles. The van der Waals surface area contributed by atoms with Crippen LogP contribution in [0.5, 0.6) is 0 Å². The van der Waals surface area contributed by atoms with Crippen LogP contribution in [0.2, 0.25) is 0 Å². The minimum Gasteiger partial charge on any atom is -0.392 e. The molecule has 0 aromatic rings. The highest BCUT2D eigenvalue weighted by molar-refractivity contribution is 4.68. The highest BCUT2D eigenvalue weighted by Crippen LogP contribution is 2.16. The number of hydrogen-bond acceptors (Lipinski definition) is 6. The largest absolute Gasteiger partial charge is 0.392 e. The van der Waals surface area contributed by atoms with Gasteiger partial charge in [0.25, 0.3) is 0 Å². The molecule has 0 aromatic heterocycles. The van der Waals surface area contributed by atoms with Gasteiger partial charge in [0.2, 0.25) is 0 Å². The average Bonchev–Trinajstić information content (AvgIpc) is 3.15. The lowest BCUT2D eigenvalue weighted by molar-refractivity contribution is 0.101. The van der Waals surface area contributed by atoms with Crippen LogP contribution in [-0.4, -0.2) is 84.6 Å². The van der Waals surface area contributed by atoms with Gasteiger partial charge in [-0.05, 0) is 77.8 Å². The Morgan fingerprint density at radius 2 is 0.547 bits per heavy atom. The van der Waals surface area contributed by atoms with Gasteiger partial charge in [-0.2, -0.15) is 0 Å². The van der Waals surface area contributed by atoms with Gasteiger partial charge in [-0.3, -0.25) is 0 Å². The van der Waals surface area contributed by atoms with E-state index >= 15 is 0 Å². The zero-order chi connectivity index (χ0) is 38.7. The molecule has 0 aromatic carbocycles. The zero-order valence-electron chi connectivity index (χ0n) is 36.5. The van der Waals surface area contributed by atoms with Gasteiger partial charge in [0.1, 0.15) is 0 Å². The minimum atomic E-state index is -0.186. The van der Waals surface area contributed by atoms with Crippen molar-refractivity contribution in [1.29, 1.82) is 0 Å². The fourth-order valence-electron chi connectivity index (χ4n) is 7.99. The van der Waals surface area contributed by atoms with E-state index in [0.717, 1.165) is 78.0 Å². The maximum absolute atomic E-state index is 10.7. The average molecular weight is 753 g/mol. The van der Waals surface area contributed by atoms with Crippen LogP contribution in [-0.2, 0) is 0 Å². The molecule has 0 rings (SSSR count). The van der Waals surface area contributed by atoms with Gasteiger partial charge >= 0.3 is 0 Å². The molecule has 0 fully saturated rings. The summed E-state index contributed by atoms with van der Waals surface area (Å²) in [4.78, 5) is 4.96. The van der Waals surface area contributed by atoms with Crippen LogP contribution in [0.25, 0.3) is 0 Å². The number of aliphatic hydroxyl groups is 2. The second-order valence-corrected chi connectivity index (χ2v) is 17.0. The summed E-state index contributed by atoms with van der Waals surface area (Å²) in [5.41, 5.74) is 11.7. The van der Waals surface area contributed by atoms with Gasteiger partial charge in [0, 0.05) is 13.1 Å². The molecule has 2 unspecified atom stereocenters. The van der Waals surface area contributed by atoms with Crippen LogP contribution >= 0.6 is 0 Å². The number of unbranched alkanes of at least 4 members (excludes halogenated alkanes) is 28. The van der Waals surface area contributed by atoms with Crippen LogP contribution in [0.15, 0.2) is 0 Å². The molecule has 53 heavy (non-hydrogen) atoms. The molecule has 0 spiro atoms.